The first-order valence-corrected chi connectivity index (χ1v) is 16.8. The number of carbonyl (C=O) groups excluding carboxylic acids is 2. The largest absolute Gasteiger partial charge is 0.444 e. The topological polar surface area (TPSA) is 159 Å². The first kappa shape index (κ1) is 31.3. The second kappa shape index (κ2) is 13.4. The van der Waals surface area contributed by atoms with Crippen LogP contribution in [0.25, 0.3) is 0 Å². The molecular weight excluding hydrogens is 526 g/mol. The molecule has 0 aliphatic carbocycles. The zero-order valence-electron chi connectivity index (χ0n) is 24.9. The first-order chi connectivity index (χ1) is 18.9. The number of ether oxygens (including phenoxy) is 1. The molecule has 2 atom stereocenters. The average molecular weight is 572 g/mol. The lowest BCUT2D eigenvalue weighted by molar-refractivity contribution is 0.0516. The van der Waals surface area contributed by atoms with Gasteiger partial charge >= 0.3 is 6.09 Å². The number of nitrogens with one attached hydrogen (secondary N) is 1. The molecule has 0 aromatic carbocycles. The highest BCUT2D eigenvalue weighted by atomic mass is 28.4. The summed E-state index contributed by atoms with van der Waals surface area (Å²) in [6.07, 6.45) is 0.488. The van der Waals surface area contributed by atoms with Crippen LogP contribution in [-0.2, 0) is 9.16 Å². The van der Waals surface area contributed by atoms with E-state index >= 15 is 0 Å². The maximum atomic E-state index is 12.3. The van der Waals surface area contributed by atoms with Gasteiger partial charge in [-0.25, -0.2) is 9.78 Å². The van der Waals surface area contributed by atoms with E-state index in [1.165, 1.54) is 6.20 Å². The SMILES string of the molecule is CC[Si](CC)(CC)OC1CC(OC(N)=O)CN(c2ncc(C(N)=O)c(Nc3cc(C(C)C)nc(C(C)C)c3)n2)C1. The van der Waals surface area contributed by atoms with Crippen molar-refractivity contribution in [2.24, 2.45) is 11.5 Å². The lowest BCUT2D eigenvalue weighted by Crippen LogP contribution is -2.53. The lowest BCUT2D eigenvalue weighted by atomic mass is 10.0. The van der Waals surface area contributed by atoms with Gasteiger partial charge in [0.2, 0.25) is 5.95 Å². The fraction of sp³-hybridized carbons (Fsp3) is 0.607. The predicted octanol–water partition coefficient (Wildman–Crippen LogP) is 5.03. The first-order valence-electron chi connectivity index (χ1n) is 14.2. The van der Waals surface area contributed by atoms with Crippen LogP contribution in [0.4, 0.5) is 22.2 Å². The van der Waals surface area contributed by atoms with Crippen molar-refractivity contribution in [1.29, 1.82) is 0 Å². The molecule has 0 radical (unpaired) electrons. The number of rotatable bonds is 12. The molecular formula is C28H45N7O4Si. The molecule has 12 heteroatoms. The van der Waals surface area contributed by atoms with E-state index < -0.39 is 26.4 Å². The molecule has 2 amide bonds. The minimum absolute atomic E-state index is 0.168. The Labute approximate surface area is 238 Å². The van der Waals surface area contributed by atoms with Gasteiger partial charge in [-0.05, 0) is 42.1 Å². The number of primary amides is 2. The Kier molecular flexibility index (Phi) is 10.5. The summed E-state index contributed by atoms with van der Waals surface area (Å²) in [6.45, 7) is 15.7. The minimum atomic E-state index is -1.94. The Morgan fingerprint density at radius 2 is 1.57 bits per heavy atom. The third kappa shape index (κ3) is 7.69. The third-order valence-corrected chi connectivity index (χ3v) is 12.3. The van der Waals surface area contributed by atoms with Crippen molar-refractivity contribution in [2.75, 3.05) is 23.3 Å². The zero-order valence-corrected chi connectivity index (χ0v) is 25.9. The number of pyridine rings is 1. The zero-order chi connectivity index (χ0) is 29.6. The number of hydrogen-bond acceptors (Lipinski definition) is 9. The highest BCUT2D eigenvalue weighted by molar-refractivity contribution is 6.73. The minimum Gasteiger partial charge on any atom is -0.444 e. The Morgan fingerprint density at radius 1 is 1.00 bits per heavy atom. The van der Waals surface area contributed by atoms with Crippen LogP contribution < -0.4 is 21.7 Å². The summed E-state index contributed by atoms with van der Waals surface area (Å²) in [5.74, 6) is 0.457. The third-order valence-electron chi connectivity index (χ3n) is 7.64. The number of amides is 2. The number of aromatic nitrogens is 3. The molecule has 0 bridgehead atoms. The van der Waals surface area contributed by atoms with Crippen LogP contribution in [0.1, 0.15) is 88.5 Å². The van der Waals surface area contributed by atoms with E-state index in [2.05, 4.69) is 58.8 Å². The van der Waals surface area contributed by atoms with Gasteiger partial charge in [0.15, 0.2) is 8.32 Å². The van der Waals surface area contributed by atoms with E-state index in [1.807, 2.05) is 17.0 Å². The lowest BCUT2D eigenvalue weighted by Gasteiger charge is -2.41. The summed E-state index contributed by atoms with van der Waals surface area (Å²) in [5.41, 5.74) is 13.9. The molecule has 5 N–H and O–H groups in total. The Bertz CT molecular complexity index is 1150. The molecule has 1 aliphatic heterocycles. The highest BCUT2D eigenvalue weighted by Gasteiger charge is 2.38. The Balaban J connectivity index is 1.99. The van der Waals surface area contributed by atoms with Gasteiger partial charge in [0, 0.05) is 36.2 Å². The standard InChI is InChI=1S/C28H45N7O4Si/c1-8-40(9-2,10-3)39-21-13-20(38-27(30)37)15-35(16-21)28-31-14-22(25(29)36)26(34-28)32-19-11-23(17(4)5)33-24(12-19)18(6)7/h11-12,14,17-18,20-21H,8-10,13,15-16H2,1-7H3,(H2,29,36)(H2,30,37)(H,31,32,33,34). The second-order valence-electron chi connectivity index (χ2n) is 11.1. The van der Waals surface area contributed by atoms with Crippen molar-refractivity contribution in [2.45, 2.75) is 97.1 Å². The van der Waals surface area contributed by atoms with Crippen LogP contribution in [0.3, 0.4) is 0 Å². The molecule has 3 heterocycles. The van der Waals surface area contributed by atoms with E-state index in [0.29, 0.717) is 31.3 Å². The molecule has 3 rings (SSSR count). The van der Waals surface area contributed by atoms with Crippen molar-refractivity contribution < 1.29 is 18.8 Å². The van der Waals surface area contributed by atoms with Gasteiger partial charge in [0.05, 0.1) is 12.6 Å². The van der Waals surface area contributed by atoms with E-state index in [0.717, 1.165) is 35.2 Å². The number of carbonyl (C=O) groups is 2. The van der Waals surface area contributed by atoms with Crippen molar-refractivity contribution in [3.8, 4) is 0 Å². The summed E-state index contributed by atoms with van der Waals surface area (Å²) in [5, 5.41) is 3.30. The average Bonchev–Trinajstić information content (AvgIpc) is 2.91. The molecule has 1 aliphatic rings. The van der Waals surface area contributed by atoms with Crippen LogP contribution in [-0.4, -0.2) is 60.6 Å². The maximum absolute atomic E-state index is 12.3. The van der Waals surface area contributed by atoms with Gasteiger partial charge in [-0.2, -0.15) is 4.98 Å². The number of nitrogens with zero attached hydrogens (tertiary/aromatic N) is 4. The fourth-order valence-corrected chi connectivity index (χ4v) is 7.91. The van der Waals surface area contributed by atoms with Crippen molar-refractivity contribution in [3.05, 3.63) is 35.3 Å². The Hall–Kier alpha value is -3.25. The smallest absolute Gasteiger partial charge is 0.404 e. The van der Waals surface area contributed by atoms with E-state index in [1.54, 1.807) is 0 Å². The van der Waals surface area contributed by atoms with Gasteiger partial charge in [-0.1, -0.05) is 48.5 Å². The molecule has 2 unspecified atom stereocenters. The van der Waals surface area contributed by atoms with E-state index in [-0.39, 0.29) is 23.5 Å². The molecule has 11 nitrogen and oxygen atoms in total. The quantitative estimate of drug-likeness (QED) is 0.297. The molecule has 0 saturated carbocycles. The monoisotopic (exact) mass is 571 g/mol. The number of nitrogens with two attached hydrogens (primary N) is 2. The highest BCUT2D eigenvalue weighted by Crippen LogP contribution is 2.30. The van der Waals surface area contributed by atoms with Crippen molar-refractivity contribution in [1.82, 2.24) is 15.0 Å². The number of hydrogen-bond donors (Lipinski definition) is 3. The van der Waals surface area contributed by atoms with Crippen LogP contribution in [0.2, 0.25) is 18.1 Å². The van der Waals surface area contributed by atoms with Crippen molar-refractivity contribution in [3.63, 3.8) is 0 Å². The summed E-state index contributed by atoms with van der Waals surface area (Å²) in [6, 6.07) is 6.90. The molecule has 1 fully saturated rings. The van der Waals surface area contributed by atoms with Gasteiger partial charge in [0.1, 0.15) is 17.5 Å². The Morgan fingerprint density at radius 3 is 2.08 bits per heavy atom. The molecule has 2 aromatic heterocycles. The van der Waals surface area contributed by atoms with E-state index in [4.69, 9.17) is 30.6 Å². The number of anilines is 3. The summed E-state index contributed by atoms with van der Waals surface area (Å²) < 4.78 is 12.2. The van der Waals surface area contributed by atoms with Crippen LogP contribution >= 0.6 is 0 Å². The normalized spacial score (nSPS) is 17.8. The molecule has 2 aromatic rings. The predicted molar refractivity (Wildman–Crippen MR) is 160 cm³/mol. The summed E-state index contributed by atoms with van der Waals surface area (Å²) >= 11 is 0. The van der Waals surface area contributed by atoms with E-state index in [9.17, 15) is 9.59 Å². The molecule has 1 saturated heterocycles. The van der Waals surface area contributed by atoms with Gasteiger partial charge in [-0.15, -0.1) is 0 Å². The van der Waals surface area contributed by atoms with Crippen LogP contribution in [0.5, 0.6) is 0 Å². The van der Waals surface area contributed by atoms with Gasteiger partial charge in [-0.3, -0.25) is 9.78 Å². The molecule has 0 spiro atoms. The maximum Gasteiger partial charge on any atom is 0.404 e. The van der Waals surface area contributed by atoms with Gasteiger partial charge < -0.3 is 30.8 Å². The van der Waals surface area contributed by atoms with Crippen molar-refractivity contribution >= 4 is 37.8 Å². The molecule has 40 heavy (non-hydrogen) atoms. The van der Waals surface area contributed by atoms with Crippen LogP contribution in [0, 0.1) is 0 Å². The number of piperidine rings is 1. The van der Waals surface area contributed by atoms with Gasteiger partial charge in [0.25, 0.3) is 5.91 Å². The second-order valence-corrected chi connectivity index (χ2v) is 15.8. The fourth-order valence-electron chi connectivity index (χ4n) is 5.04. The summed E-state index contributed by atoms with van der Waals surface area (Å²) in [4.78, 5) is 39.9. The molecule has 220 valence electrons. The van der Waals surface area contributed by atoms with Crippen LogP contribution in [0.15, 0.2) is 18.3 Å². The summed E-state index contributed by atoms with van der Waals surface area (Å²) in [7, 11) is -1.94.